The maximum absolute atomic E-state index is 11.4. The minimum Gasteiger partial charge on any atom is -0.493 e. The molecule has 2 atom stereocenters. The lowest BCUT2D eigenvalue weighted by atomic mass is 9.85. The fourth-order valence-corrected chi connectivity index (χ4v) is 4.19. The zero-order valence-corrected chi connectivity index (χ0v) is 16.3. The summed E-state index contributed by atoms with van der Waals surface area (Å²) in [5.74, 6) is 2.40. The SMILES string of the molecule is COc1ccc(C(O)C2c3cc4c(cc3CCN2C)OCO4)c(CO)c1OC. The molecule has 28 heavy (non-hydrogen) atoms. The number of aliphatic hydroxyl groups excluding tert-OH is 2. The summed E-state index contributed by atoms with van der Waals surface area (Å²) in [6.45, 7) is 0.749. The van der Waals surface area contributed by atoms with Crippen molar-refractivity contribution in [1.29, 1.82) is 0 Å². The fraction of sp³-hybridized carbons (Fsp3) is 0.429. The number of hydrogen-bond acceptors (Lipinski definition) is 7. The van der Waals surface area contributed by atoms with Crippen molar-refractivity contribution in [2.24, 2.45) is 0 Å². The van der Waals surface area contributed by atoms with Gasteiger partial charge in [0.2, 0.25) is 6.79 Å². The molecular weight excluding hydrogens is 362 g/mol. The first-order valence-corrected chi connectivity index (χ1v) is 9.24. The van der Waals surface area contributed by atoms with Crippen LogP contribution in [0.4, 0.5) is 0 Å². The molecule has 150 valence electrons. The Kier molecular flexibility index (Phi) is 5.05. The third-order valence-corrected chi connectivity index (χ3v) is 5.62. The molecule has 0 aromatic heterocycles. The van der Waals surface area contributed by atoms with Gasteiger partial charge in [-0.25, -0.2) is 0 Å². The van der Waals surface area contributed by atoms with E-state index in [9.17, 15) is 10.2 Å². The van der Waals surface area contributed by atoms with E-state index in [-0.39, 0.29) is 19.4 Å². The van der Waals surface area contributed by atoms with Gasteiger partial charge in [0.05, 0.1) is 33.0 Å². The lowest BCUT2D eigenvalue weighted by Crippen LogP contribution is -2.36. The van der Waals surface area contributed by atoms with Gasteiger partial charge in [0, 0.05) is 12.1 Å². The Morgan fingerprint density at radius 2 is 1.93 bits per heavy atom. The summed E-state index contributed by atoms with van der Waals surface area (Å²) in [6, 6.07) is 7.21. The number of hydrogen-bond donors (Lipinski definition) is 2. The quantitative estimate of drug-likeness (QED) is 0.814. The van der Waals surface area contributed by atoms with Crippen molar-refractivity contribution in [3.05, 3.63) is 46.5 Å². The number of rotatable bonds is 5. The maximum atomic E-state index is 11.4. The number of nitrogens with zero attached hydrogens (tertiary/aromatic N) is 1. The second-order valence-corrected chi connectivity index (χ2v) is 7.05. The van der Waals surface area contributed by atoms with Crippen LogP contribution in [0.2, 0.25) is 0 Å². The zero-order chi connectivity index (χ0) is 19.8. The van der Waals surface area contributed by atoms with Crippen LogP contribution in [-0.2, 0) is 13.0 Å². The van der Waals surface area contributed by atoms with Crippen molar-refractivity contribution in [3.8, 4) is 23.0 Å². The third kappa shape index (κ3) is 2.96. The summed E-state index contributed by atoms with van der Waals surface area (Å²) in [4.78, 5) is 2.12. The molecule has 0 bridgehead atoms. The van der Waals surface area contributed by atoms with Crippen LogP contribution in [-0.4, -0.2) is 49.7 Å². The molecule has 7 nitrogen and oxygen atoms in total. The lowest BCUT2D eigenvalue weighted by Gasteiger charge is -2.38. The molecule has 0 spiro atoms. The summed E-state index contributed by atoms with van der Waals surface area (Å²) in [6.07, 6.45) is -0.00354. The molecule has 0 aliphatic carbocycles. The molecule has 2 heterocycles. The van der Waals surface area contributed by atoms with Crippen LogP contribution >= 0.6 is 0 Å². The van der Waals surface area contributed by atoms with E-state index in [1.807, 2.05) is 19.2 Å². The van der Waals surface area contributed by atoms with Crippen LogP contribution in [0.3, 0.4) is 0 Å². The summed E-state index contributed by atoms with van der Waals surface area (Å²) in [7, 11) is 5.06. The highest BCUT2D eigenvalue weighted by molar-refractivity contribution is 5.54. The standard InChI is InChI=1S/C21H25NO6/c1-22-7-6-12-8-17-18(28-11-27-17)9-14(12)19(22)20(24)13-4-5-16(25-2)21(26-3)15(13)10-23/h4-5,8-9,19-20,23-24H,6-7,10-11H2,1-3H3. The van der Waals surface area contributed by atoms with E-state index < -0.39 is 6.10 Å². The van der Waals surface area contributed by atoms with Crippen molar-refractivity contribution in [3.63, 3.8) is 0 Å². The van der Waals surface area contributed by atoms with Gasteiger partial charge in [0.25, 0.3) is 0 Å². The zero-order valence-electron chi connectivity index (χ0n) is 16.3. The van der Waals surface area contributed by atoms with E-state index in [0.717, 1.165) is 29.8 Å². The molecular formula is C21H25NO6. The molecule has 0 saturated carbocycles. The highest BCUT2D eigenvalue weighted by atomic mass is 16.7. The Labute approximate surface area is 164 Å². The molecule has 7 heteroatoms. The van der Waals surface area contributed by atoms with Crippen LogP contribution in [0.25, 0.3) is 0 Å². The van der Waals surface area contributed by atoms with Gasteiger partial charge in [-0.2, -0.15) is 0 Å². The minimum absolute atomic E-state index is 0.214. The van der Waals surface area contributed by atoms with Crippen LogP contribution < -0.4 is 18.9 Å². The van der Waals surface area contributed by atoms with Crippen LogP contribution in [0.15, 0.2) is 24.3 Å². The maximum Gasteiger partial charge on any atom is 0.231 e. The number of likely N-dealkylation sites (N-methyl/N-ethyl adjacent to an activating group) is 1. The monoisotopic (exact) mass is 387 g/mol. The highest BCUT2D eigenvalue weighted by Gasteiger charge is 2.35. The molecule has 0 amide bonds. The molecule has 0 radical (unpaired) electrons. The van der Waals surface area contributed by atoms with Crippen molar-refractivity contribution in [2.45, 2.75) is 25.2 Å². The fourth-order valence-electron chi connectivity index (χ4n) is 4.19. The number of methoxy groups -OCH3 is 2. The summed E-state index contributed by atoms with van der Waals surface area (Å²) in [5, 5.41) is 21.4. The van der Waals surface area contributed by atoms with E-state index in [2.05, 4.69) is 4.90 Å². The first kappa shape index (κ1) is 18.9. The second kappa shape index (κ2) is 7.50. The molecule has 2 aromatic rings. The van der Waals surface area contributed by atoms with E-state index in [4.69, 9.17) is 18.9 Å². The highest BCUT2D eigenvalue weighted by Crippen LogP contribution is 2.46. The van der Waals surface area contributed by atoms with Crippen molar-refractivity contribution < 1.29 is 29.2 Å². The van der Waals surface area contributed by atoms with Gasteiger partial charge in [0.1, 0.15) is 0 Å². The largest absolute Gasteiger partial charge is 0.493 e. The average molecular weight is 387 g/mol. The Morgan fingerprint density at radius 3 is 2.61 bits per heavy atom. The number of ether oxygens (including phenoxy) is 4. The Hall–Kier alpha value is -2.48. The average Bonchev–Trinajstić information content (AvgIpc) is 3.17. The normalized spacial score (nSPS) is 19.2. The Morgan fingerprint density at radius 1 is 1.18 bits per heavy atom. The van der Waals surface area contributed by atoms with E-state index in [0.29, 0.717) is 28.4 Å². The summed E-state index contributed by atoms with van der Waals surface area (Å²) < 4.78 is 21.8. The predicted octanol–water partition coefficient (Wildman–Crippen LogP) is 2.19. The van der Waals surface area contributed by atoms with Crippen molar-refractivity contribution in [2.75, 3.05) is 34.6 Å². The number of fused-ring (bicyclic) bond motifs is 2. The third-order valence-electron chi connectivity index (χ3n) is 5.62. The summed E-state index contributed by atoms with van der Waals surface area (Å²) >= 11 is 0. The lowest BCUT2D eigenvalue weighted by molar-refractivity contribution is 0.0541. The summed E-state index contributed by atoms with van der Waals surface area (Å²) in [5.41, 5.74) is 3.28. The van der Waals surface area contributed by atoms with Crippen molar-refractivity contribution in [1.82, 2.24) is 4.90 Å². The molecule has 2 aromatic carbocycles. The van der Waals surface area contributed by atoms with Crippen LogP contribution in [0, 0.1) is 0 Å². The van der Waals surface area contributed by atoms with E-state index in [1.165, 1.54) is 7.11 Å². The molecule has 0 saturated heterocycles. The predicted molar refractivity (Wildman–Crippen MR) is 102 cm³/mol. The Bertz CT molecular complexity index is 884. The molecule has 4 rings (SSSR count). The first-order chi connectivity index (χ1) is 13.6. The molecule has 0 fully saturated rings. The van der Waals surface area contributed by atoms with Crippen LogP contribution in [0.1, 0.15) is 34.4 Å². The van der Waals surface area contributed by atoms with E-state index >= 15 is 0 Å². The van der Waals surface area contributed by atoms with Gasteiger partial charge in [-0.15, -0.1) is 0 Å². The van der Waals surface area contributed by atoms with Crippen LogP contribution in [0.5, 0.6) is 23.0 Å². The van der Waals surface area contributed by atoms with Gasteiger partial charge >= 0.3 is 0 Å². The number of aliphatic hydroxyl groups is 2. The molecule has 2 aliphatic heterocycles. The van der Waals surface area contributed by atoms with Gasteiger partial charge in [-0.1, -0.05) is 6.07 Å². The first-order valence-electron chi connectivity index (χ1n) is 9.24. The van der Waals surface area contributed by atoms with Gasteiger partial charge < -0.3 is 29.2 Å². The Balaban J connectivity index is 1.80. The minimum atomic E-state index is -0.869. The van der Waals surface area contributed by atoms with Crippen molar-refractivity contribution >= 4 is 0 Å². The topological polar surface area (TPSA) is 80.6 Å². The second-order valence-electron chi connectivity index (χ2n) is 7.05. The smallest absolute Gasteiger partial charge is 0.231 e. The van der Waals surface area contributed by atoms with Gasteiger partial charge in [-0.3, -0.25) is 4.90 Å². The van der Waals surface area contributed by atoms with Gasteiger partial charge in [-0.05, 0) is 48.4 Å². The molecule has 2 unspecified atom stereocenters. The van der Waals surface area contributed by atoms with Gasteiger partial charge in [0.15, 0.2) is 23.0 Å². The van der Waals surface area contributed by atoms with E-state index in [1.54, 1.807) is 19.2 Å². The molecule has 2 N–H and O–H groups in total. The molecule has 2 aliphatic rings. The number of benzene rings is 2.